The van der Waals surface area contributed by atoms with Crippen LogP contribution in [0.3, 0.4) is 0 Å². The molecule has 2 aromatic rings. The predicted octanol–water partition coefficient (Wildman–Crippen LogP) is 4.42. The van der Waals surface area contributed by atoms with E-state index in [1.54, 1.807) is 6.20 Å². The molecule has 25 heavy (non-hydrogen) atoms. The third kappa shape index (κ3) is 5.14. The van der Waals surface area contributed by atoms with Crippen molar-refractivity contribution in [1.82, 2.24) is 9.88 Å². The van der Waals surface area contributed by atoms with Crippen LogP contribution in [-0.2, 0) is 11.3 Å². The van der Waals surface area contributed by atoms with Crippen molar-refractivity contribution in [3.8, 4) is 0 Å². The van der Waals surface area contributed by atoms with Gasteiger partial charge in [-0.25, -0.2) is 0 Å². The van der Waals surface area contributed by atoms with Crippen molar-refractivity contribution in [1.29, 1.82) is 0 Å². The van der Waals surface area contributed by atoms with Crippen LogP contribution in [0, 0.1) is 6.92 Å². The second-order valence-electron chi connectivity index (χ2n) is 6.25. The second kappa shape index (κ2) is 8.61. The smallest absolute Gasteiger partial charge is 0.173 e. The Bertz CT molecular complexity index is 720. The zero-order valence-corrected chi connectivity index (χ0v) is 15.8. The van der Waals surface area contributed by atoms with Gasteiger partial charge in [0.1, 0.15) is 0 Å². The zero-order valence-electron chi connectivity index (χ0n) is 14.2. The van der Waals surface area contributed by atoms with Crippen LogP contribution in [-0.4, -0.2) is 34.3 Å². The number of nitrogens with one attached hydrogen (secondary N) is 1. The average Bonchev–Trinajstić information content (AvgIpc) is 3.11. The first-order chi connectivity index (χ1) is 12.1. The molecule has 1 N–H and O–H groups in total. The molecule has 1 aliphatic heterocycles. The van der Waals surface area contributed by atoms with Crippen LogP contribution < -0.4 is 5.32 Å². The maximum atomic E-state index is 6.33. The van der Waals surface area contributed by atoms with E-state index in [1.807, 2.05) is 43.3 Å². The van der Waals surface area contributed by atoms with E-state index in [4.69, 9.17) is 28.6 Å². The Hall–Kier alpha value is -1.69. The number of aromatic nitrogens is 1. The third-order valence-corrected chi connectivity index (χ3v) is 4.85. The van der Waals surface area contributed by atoms with Crippen LogP contribution >= 0.6 is 23.8 Å². The summed E-state index contributed by atoms with van der Waals surface area (Å²) < 4.78 is 5.79. The van der Waals surface area contributed by atoms with Crippen molar-refractivity contribution >= 4 is 34.6 Å². The Balaban J connectivity index is 1.73. The number of hydrogen-bond donors (Lipinski definition) is 1. The minimum atomic E-state index is 0.206. The topological polar surface area (TPSA) is 37.4 Å². The number of thiocarbonyl (C=S) groups is 1. The number of hydrogen-bond acceptors (Lipinski definition) is 3. The van der Waals surface area contributed by atoms with Gasteiger partial charge in [-0.1, -0.05) is 23.7 Å². The maximum absolute atomic E-state index is 6.33. The highest BCUT2D eigenvalue weighted by Crippen LogP contribution is 2.24. The molecule has 1 unspecified atom stereocenters. The van der Waals surface area contributed by atoms with Crippen LogP contribution in [0.2, 0.25) is 5.02 Å². The lowest BCUT2D eigenvalue weighted by molar-refractivity contribution is 0.0903. The highest BCUT2D eigenvalue weighted by Gasteiger charge is 2.21. The van der Waals surface area contributed by atoms with Gasteiger partial charge in [-0.15, -0.1) is 0 Å². The summed E-state index contributed by atoms with van der Waals surface area (Å²) in [6, 6.07) is 11.8. The van der Waals surface area contributed by atoms with Gasteiger partial charge in [-0.05, 0) is 61.8 Å². The van der Waals surface area contributed by atoms with Crippen LogP contribution in [0.4, 0.5) is 5.69 Å². The Labute approximate surface area is 159 Å². The molecule has 1 aromatic carbocycles. The molecule has 1 aliphatic rings. The van der Waals surface area contributed by atoms with Crippen molar-refractivity contribution in [2.24, 2.45) is 0 Å². The normalized spacial score (nSPS) is 16.6. The van der Waals surface area contributed by atoms with Gasteiger partial charge in [0.05, 0.1) is 29.1 Å². The van der Waals surface area contributed by atoms with E-state index in [9.17, 15) is 0 Å². The molecule has 3 rings (SSSR count). The number of aryl methyl sites for hydroxylation is 1. The van der Waals surface area contributed by atoms with Crippen molar-refractivity contribution in [2.75, 3.05) is 18.5 Å². The zero-order chi connectivity index (χ0) is 17.6. The molecule has 1 aromatic heterocycles. The molecule has 1 saturated heterocycles. The molecule has 0 saturated carbocycles. The van der Waals surface area contributed by atoms with Crippen molar-refractivity contribution in [3.63, 3.8) is 0 Å². The standard InChI is InChI=1S/C19H22ClN3OS/c1-14-7-8-18(17(20)11-14)22-19(25)23(13-16-6-4-10-24-16)12-15-5-2-3-9-21-15/h2-3,5,7-9,11,16H,4,6,10,12-13H2,1H3,(H,22,25). The van der Waals surface area contributed by atoms with Crippen LogP contribution in [0.1, 0.15) is 24.1 Å². The fraction of sp³-hybridized carbons (Fsp3) is 0.368. The fourth-order valence-corrected chi connectivity index (χ4v) is 3.39. The summed E-state index contributed by atoms with van der Waals surface area (Å²) in [5, 5.41) is 4.57. The molecule has 0 radical (unpaired) electrons. The van der Waals surface area contributed by atoms with Gasteiger partial charge in [0.2, 0.25) is 0 Å². The summed E-state index contributed by atoms with van der Waals surface area (Å²) in [7, 11) is 0. The molecule has 0 spiro atoms. The first-order valence-electron chi connectivity index (χ1n) is 8.45. The van der Waals surface area contributed by atoms with E-state index in [-0.39, 0.29) is 6.10 Å². The van der Waals surface area contributed by atoms with Crippen LogP contribution in [0.5, 0.6) is 0 Å². The highest BCUT2D eigenvalue weighted by atomic mass is 35.5. The van der Waals surface area contributed by atoms with E-state index >= 15 is 0 Å². The van der Waals surface area contributed by atoms with Gasteiger partial charge in [-0.2, -0.15) is 0 Å². The number of rotatable bonds is 5. The Morgan fingerprint density at radius 2 is 2.28 bits per heavy atom. The number of pyridine rings is 1. The summed E-state index contributed by atoms with van der Waals surface area (Å²) in [6.07, 6.45) is 4.17. The molecular formula is C19H22ClN3OS. The third-order valence-electron chi connectivity index (χ3n) is 4.18. The average molecular weight is 376 g/mol. The quantitative estimate of drug-likeness (QED) is 0.783. The molecule has 1 fully saturated rings. The highest BCUT2D eigenvalue weighted by molar-refractivity contribution is 7.80. The van der Waals surface area contributed by atoms with Crippen molar-refractivity contribution < 1.29 is 4.74 Å². The van der Waals surface area contributed by atoms with Crippen molar-refractivity contribution in [3.05, 3.63) is 58.9 Å². The van der Waals surface area contributed by atoms with Gasteiger partial charge in [0.15, 0.2) is 5.11 Å². The van der Waals surface area contributed by atoms with Crippen LogP contribution in [0.25, 0.3) is 0 Å². The first kappa shape index (κ1) is 18.1. The lowest BCUT2D eigenvalue weighted by atomic mass is 10.2. The van der Waals surface area contributed by atoms with Crippen molar-refractivity contribution in [2.45, 2.75) is 32.4 Å². The number of ether oxygens (including phenoxy) is 1. The number of nitrogens with zero attached hydrogens (tertiary/aromatic N) is 2. The Kier molecular flexibility index (Phi) is 6.24. The fourth-order valence-electron chi connectivity index (χ4n) is 2.86. The van der Waals surface area contributed by atoms with E-state index in [1.165, 1.54) is 0 Å². The molecule has 0 aliphatic carbocycles. The van der Waals surface area contributed by atoms with Crippen LogP contribution in [0.15, 0.2) is 42.6 Å². The predicted molar refractivity (Wildman–Crippen MR) is 106 cm³/mol. The SMILES string of the molecule is Cc1ccc(NC(=S)N(Cc2ccccn2)CC2CCCO2)c(Cl)c1. The largest absolute Gasteiger partial charge is 0.376 e. The molecule has 132 valence electrons. The molecule has 0 amide bonds. The molecule has 6 heteroatoms. The molecule has 2 heterocycles. The first-order valence-corrected chi connectivity index (χ1v) is 9.24. The molecule has 0 bridgehead atoms. The van der Waals surface area contributed by atoms with E-state index in [0.717, 1.165) is 42.9 Å². The number of anilines is 1. The second-order valence-corrected chi connectivity index (χ2v) is 7.04. The number of halogens is 1. The summed E-state index contributed by atoms with van der Waals surface area (Å²) >= 11 is 12.0. The minimum Gasteiger partial charge on any atom is -0.376 e. The Morgan fingerprint density at radius 3 is 2.96 bits per heavy atom. The number of benzene rings is 1. The summed E-state index contributed by atoms with van der Waals surface area (Å²) in [5.74, 6) is 0. The lowest BCUT2D eigenvalue weighted by Crippen LogP contribution is -2.39. The monoisotopic (exact) mass is 375 g/mol. The van der Waals surface area contributed by atoms with E-state index < -0.39 is 0 Å². The molecular weight excluding hydrogens is 354 g/mol. The van der Waals surface area contributed by atoms with E-state index in [2.05, 4.69) is 15.2 Å². The summed E-state index contributed by atoms with van der Waals surface area (Å²) in [4.78, 5) is 6.52. The summed E-state index contributed by atoms with van der Waals surface area (Å²) in [5.41, 5.74) is 2.90. The van der Waals surface area contributed by atoms with Gasteiger partial charge >= 0.3 is 0 Å². The maximum Gasteiger partial charge on any atom is 0.173 e. The lowest BCUT2D eigenvalue weighted by Gasteiger charge is -2.28. The molecule has 4 nitrogen and oxygen atoms in total. The molecule has 1 atom stereocenters. The van der Waals surface area contributed by atoms with E-state index in [0.29, 0.717) is 16.7 Å². The minimum absolute atomic E-state index is 0.206. The van der Waals surface area contributed by atoms with Gasteiger partial charge < -0.3 is 15.0 Å². The van der Waals surface area contributed by atoms with Gasteiger partial charge in [0.25, 0.3) is 0 Å². The summed E-state index contributed by atoms with van der Waals surface area (Å²) in [6.45, 7) is 4.22. The Morgan fingerprint density at radius 1 is 1.40 bits per heavy atom. The van der Waals surface area contributed by atoms with Gasteiger partial charge in [0, 0.05) is 19.3 Å². The van der Waals surface area contributed by atoms with Gasteiger partial charge in [-0.3, -0.25) is 4.98 Å².